The molecule has 0 aliphatic carbocycles. The van der Waals surface area contributed by atoms with Crippen molar-refractivity contribution in [1.82, 2.24) is 9.13 Å². The van der Waals surface area contributed by atoms with Gasteiger partial charge in [0.15, 0.2) is 0 Å². The van der Waals surface area contributed by atoms with Crippen molar-refractivity contribution < 1.29 is 40.1 Å². The van der Waals surface area contributed by atoms with Crippen LogP contribution in [0, 0.1) is 0 Å². The molecule has 0 aliphatic heterocycles. The van der Waals surface area contributed by atoms with E-state index in [-0.39, 0.29) is 72.5 Å². The van der Waals surface area contributed by atoms with E-state index in [4.69, 9.17) is 25.0 Å². The molecule has 3 aromatic heterocycles. The molecule has 0 spiro atoms. The lowest BCUT2D eigenvalue weighted by Crippen LogP contribution is -1.97. The summed E-state index contributed by atoms with van der Waals surface area (Å²) in [5, 5.41) is -1.46. The summed E-state index contributed by atoms with van der Waals surface area (Å²) in [6.07, 6.45) is 0. The van der Waals surface area contributed by atoms with Crippen molar-refractivity contribution >= 4 is 65.6 Å². The average molecular weight is 753 g/mol. The van der Waals surface area contributed by atoms with Crippen LogP contribution < -0.4 is 0 Å². The Morgan fingerprint density at radius 1 is 0.368 bits per heavy atom. The summed E-state index contributed by atoms with van der Waals surface area (Å²) in [6, 6.07) is -7.08. The fraction of sp³-hybridized carbons (Fsp3) is 0. The molecule has 12 aromatic rings. The van der Waals surface area contributed by atoms with Crippen molar-refractivity contribution in [3.8, 4) is 44.8 Å². The molecule has 0 atom stereocenters. The second kappa shape index (κ2) is 12.5. The molecule has 0 unspecified atom stereocenters. The minimum Gasteiger partial charge on any atom is -0.456 e. The average Bonchev–Trinajstić information content (AvgIpc) is 3.92. The van der Waals surface area contributed by atoms with E-state index in [1.807, 2.05) is 0 Å². The van der Waals surface area contributed by atoms with Crippen LogP contribution in [-0.4, -0.2) is 9.13 Å². The summed E-state index contributed by atoms with van der Waals surface area (Å²) in [4.78, 5) is 0. The second-order valence-corrected chi connectivity index (χ2v) is 12.9. The molecule has 266 valence electrons. The van der Waals surface area contributed by atoms with Crippen LogP contribution in [0.5, 0.6) is 0 Å². The van der Waals surface area contributed by atoms with Crippen LogP contribution in [0.2, 0.25) is 0 Å². The monoisotopic (exact) mass is 752 g/mol. The summed E-state index contributed by atoms with van der Waals surface area (Å²) in [7, 11) is 0. The van der Waals surface area contributed by atoms with Gasteiger partial charge in [0.05, 0.1) is 63.4 Å². The fourth-order valence-electron chi connectivity index (χ4n) is 7.42. The Kier molecular flexibility index (Phi) is 3.38. The first-order valence-corrected chi connectivity index (χ1v) is 17.4. The number of para-hydroxylation sites is 3. The molecule has 0 saturated carbocycles. The zero-order chi connectivity index (χ0) is 60.1. The van der Waals surface area contributed by atoms with Crippen molar-refractivity contribution in [2.75, 3.05) is 0 Å². The first-order chi connectivity index (χ1) is 39.1. The molecule has 9 aromatic carbocycles. The summed E-state index contributed by atoms with van der Waals surface area (Å²) in [6.45, 7) is 0. The van der Waals surface area contributed by atoms with Crippen molar-refractivity contribution in [2.45, 2.75) is 0 Å². The van der Waals surface area contributed by atoms with Gasteiger partial charge >= 0.3 is 0 Å². The summed E-state index contributed by atoms with van der Waals surface area (Å²) < 4.78 is 243. The van der Waals surface area contributed by atoms with Crippen molar-refractivity contribution in [3.63, 3.8) is 0 Å². The zero-order valence-electron chi connectivity index (χ0n) is 54.9. The number of furan rings is 1. The maximum Gasteiger partial charge on any atom is 0.137 e. The Hall–Kier alpha value is -7.62. The molecule has 0 aliphatic rings. The van der Waals surface area contributed by atoms with E-state index < -0.39 is 195 Å². The minimum atomic E-state index is -0.891. The zero-order valence-corrected chi connectivity index (χ0v) is 28.9. The van der Waals surface area contributed by atoms with E-state index in [0.29, 0.717) is 0 Å². The number of hydrogen-bond acceptors (Lipinski definition) is 1. The number of fused-ring (bicyclic) bond motifs is 9. The van der Waals surface area contributed by atoms with Gasteiger partial charge in [-0.3, -0.25) is 0 Å². The molecule has 0 saturated heterocycles. The summed E-state index contributed by atoms with van der Waals surface area (Å²) >= 11 is 0. The van der Waals surface area contributed by atoms with E-state index in [0.717, 1.165) is 9.13 Å². The van der Waals surface area contributed by atoms with Gasteiger partial charge in [0.25, 0.3) is 0 Å². The number of hydrogen-bond donors (Lipinski definition) is 0. The highest BCUT2D eigenvalue weighted by molar-refractivity contribution is 6.15. The molecule has 0 N–H and O–H groups in total. The summed E-state index contributed by atoms with van der Waals surface area (Å²) in [5.74, 6) is 0. The Morgan fingerprint density at radius 2 is 0.930 bits per heavy atom. The fourth-order valence-corrected chi connectivity index (χ4v) is 7.42. The molecular weight excluding hydrogens is 693 g/mol. The van der Waals surface area contributed by atoms with Gasteiger partial charge in [-0.15, -0.1) is 0 Å². The molecule has 3 heterocycles. The lowest BCUT2D eigenvalue weighted by Gasteiger charge is -2.14. The highest BCUT2D eigenvalue weighted by atomic mass is 16.3. The first-order valence-electron chi connectivity index (χ1n) is 30.4. The van der Waals surface area contributed by atoms with E-state index >= 15 is 0 Å². The molecule has 12 rings (SSSR count). The van der Waals surface area contributed by atoms with Crippen LogP contribution in [0.25, 0.3) is 110 Å². The van der Waals surface area contributed by atoms with Crippen LogP contribution in [0.1, 0.15) is 35.6 Å². The lowest BCUT2D eigenvalue weighted by atomic mass is 9.99. The Balaban J connectivity index is 1.19. The predicted octanol–water partition coefficient (Wildman–Crippen LogP) is 14.8. The van der Waals surface area contributed by atoms with Gasteiger partial charge in [0, 0.05) is 49.6 Å². The topological polar surface area (TPSA) is 23.0 Å². The van der Waals surface area contributed by atoms with E-state index in [1.165, 1.54) is 48.5 Å². The van der Waals surface area contributed by atoms with Crippen LogP contribution in [0.15, 0.2) is 210 Å². The smallest absolute Gasteiger partial charge is 0.137 e. The van der Waals surface area contributed by atoms with Gasteiger partial charge in [-0.1, -0.05) is 139 Å². The molecule has 3 heteroatoms. The van der Waals surface area contributed by atoms with Gasteiger partial charge < -0.3 is 13.6 Å². The van der Waals surface area contributed by atoms with Crippen LogP contribution >= 0.6 is 0 Å². The second-order valence-electron chi connectivity index (χ2n) is 12.9. The van der Waals surface area contributed by atoms with E-state index in [2.05, 4.69) is 0 Å². The number of benzene rings is 9. The normalized spacial score (nSPS) is 18.2. The third-order valence-corrected chi connectivity index (χ3v) is 9.82. The molecule has 0 bridgehead atoms. The molecule has 0 radical (unpaired) electrons. The quantitative estimate of drug-likeness (QED) is 0.172. The molecule has 0 fully saturated rings. The van der Waals surface area contributed by atoms with Gasteiger partial charge in [-0.25, -0.2) is 0 Å². The molecule has 3 nitrogen and oxygen atoms in total. The Bertz CT molecular complexity index is 5000. The molecule has 0 amide bonds. The van der Waals surface area contributed by atoms with Gasteiger partial charge in [-0.2, -0.15) is 0 Å². The largest absolute Gasteiger partial charge is 0.456 e. The SMILES string of the molecule is [2H]c1c([2H])c([2H])c(-c2ccccc2-n2c3c([2H])c([2H])c([2H])c([2H])c3c3c([2H])c(-c4c([2H])c([2H])c5c(c4[2H])c4c([2H])c([2H])c([2H])c([2H])c4n5-c4ccc5c(oc6c([2H])ccc(-c7c([2H])c([2H])c([2H])c([2H])c7[2H])c65)c4[2H])c([2H])c([2H])c32)c([2H])c1[2H]. The third-order valence-electron chi connectivity index (χ3n) is 9.82. The van der Waals surface area contributed by atoms with Crippen LogP contribution in [-0.2, 0) is 0 Å². The number of rotatable bonds is 5. The highest BCUT2D eigenvalue weighted by Gasteiger charge is 2.19. The lowest BCUT2D eigenvalue weighted by molar-refractivity contribution is 0.668. The van der Waals surface area contributed by atoms with E-state index in [1.54, 1.807) is 0 Å². The Morgan fingerprint density at radius 3 is 1.63 bits per heavy atom. The van der Waals surface area contributed by atoms with Crippen LogP contribution in [0.3, 0.4) is 0 Å². The minimum absolute atomic E-state index is 0.0585. The van der Waals surface area contributed by atoms with Crippen molar-refractivity contribution in [3.05, 3.63) is 206 Å². The molecule has 57 heavy (non-hydrogen) atoms. The number of aromatic nitrogens is 2. The summed E-state index contributed by atoms with van der Waals surface area (Å²) in [5.41, 5.74) is -4.29. The highest BCUT2D eigenvalue weighted by Crippen LogP contribution is 2.42. The number of nitrogens with zero attached hydrogens (tertiary/aromatic N) is 2. The standard InChI is InChI=1S/C54H34N2O/c1-3-14-35(15-4-1)40-18-7-10-22-47(40)56-49-24-12-9-20-43(49)46-33-38(27-31-51(46)56)37-26-30-50-45(32-37)42-19-8-11-23-48(42)55(50)39-28-29-44-53(34-39)57-52-25-13-21-41(54(44)52)36-16-5-2-6-17-36/h1-34H/i1D,2D,3D,4D,5D,6D,8D,9D,11D,12D,14D,15D,16D,17D,19D,20D,23D,24D,25D,26D,27D,30D,31D,32D,33D,34D. The maximum atomic E-state index is 10.00. The van der Waals surface area contributed by atoms with Crippen LogP contribution in [0.4, 0.5) is 0 Å². The Labute approximate surface area is 365 Å². The molecular formula is C54H34N2O. The van der Waals surface area contributed by atoms with Gasteiger partial charge in [-0.05, 0) is 88.3 Å². The predicted molar refractivity (Wildman–Crippen MR) is 239 cm³/mol. The third kappa shape index (κ3) is 4.86. The maximum absolute atomic E-state index is 10.00. The van der Waals surface area contributed by atoms with Gasteiger partial charge in [0.2, 0.25) is 0 Å². The van der Waals surface area contributed by atoms with Crippen molar-refractivity contribution in [2.24, 2.45) is 0 Å². The van der Waals surface area contributed by atoms with E-state index in [9.17, 15) is 15.1 Å². The first kappa shape index (κ1) is 15.5. The van der Waals surface area contributed by atoms with Crippen molar-refractivity contribution in [1.29, 1.82) is 0 Å². The van der Waals surface area contributed by atoms with Gasteiger partial charge in [0.1, 0.15) is 11.2 Å².